The summed E-state index contributed by atoms with van der Waals surface area (Å²) < 4.78 is 40.5. The van der Waals surface area contributed by atoms with E-state index in [1.807, 2.05) is 18.2 Å². The van der Waals surface area contributed by atoms with Gasteiger partial charge in [0.25, 0.3) is 5.91 Å². The number of hydrogen-bond donors (Lipinski definition) is 3. The standard InChI is InChI=1S/C41H52ClN5O8S/c1-2-27-22-41(27,39(50)46-56(52,53)30-16-17-30)45-37(48)33-21-29-23-47(33)38(49)36(25-10-6-7-11-25)44-40(51)55-34-14-8-12-24(34)9-4-3-5-13-32-35(54-29)20-26-19-28(42)15-18-31(26)43-32/h2,15,18-20,24-25,27,29-30,33-34,36H,1,3-14,16-17,21-23H2,(H,44,51)(H,45,48)(H,46,50)/t24-,27+,29+,33-,34-,36-,41+/m0/s1. The molecule has 13 nitrogen and oxygen atoms in total. The normalized spacial score (nSPS) is 31.6. The van der Waals surface area contributed by atoms with E-state index in [4.69, 9.17) is 26.1 Å². The van der Waals surface area contributed by atoms with Gasteiger partial charge < -0.3 is 25.0 Å². The lowest BCUT2D eigenvalue weighted by molar-refractivity contribution is -0.142. The monoisotopic (exact) mass is 809 g/mol. The smallest absolute Gasteiger partial charge is 0.408 e. The van der Waals surface area contributed by atoms with Gasteiger partial charge in [0.05, 0.1) is 23.0 Å². The van der Waals surface area contributed by atoms with Crippen LogP contribution in [0, 0.1) is 17.8 Å². The molecule has 4 aliphatic carbocycles. The first-order valence-electron chi connectivity index (χ1n) is 20.5. The van der Waals surface area contributed by atoms with Gasteiger partial charge in [0.1, 0.15) is 35.6 Å². The number of carbonyl (C=O) groups is 4. The Labute approximate surface area is 333 Å². The van der Waals surface area contributed by atoms with Gasteiger partial charge in [0.15, 0.2) is 0 Å². The Kier molecular flexibility index (Phi) is 11.0. The number of amides is 4. The van der Waals surface area contributed by atoms with E-state index in [0.717, 1.165) is 87.2 Å². The van der Waals surface area contributed by atoms with Crippen LogP contribution in [0.25, 0.3) is 10.9 Å². The highest BCUT2D eigenvalue weighted by Gasteiger charge is 2.62. The van der Waals surface area contributed by atoms with Crippen LogP contribution in [0.3, 0.4) is 0 Å². The van der Waals surface area contributed by atoms with E-state index in [0.29, 0.717) is 30.0 Å². The second-order valence-corrected chi connectivity index (χ2v) is 19.2. The number of ether oxygens (including phenoxy) is 2. The fourth-order valence-electron chi connectivity index (χ4n) is 9.54. The average Bonchev–Trinajstić information content (AvgIpc) is 3.96. The maximum Gasteiger partial charge on any atom is 0.408 e. The predicted octanol–water partition coefficient (Wildman–Crippen LogP) is 5.48. The lowest BCUT2D eigenvalue weighted by Gasteiger charge is -2.32. The summed E-state index contributed by atoms with van der Waals surface area (Å²) in [4.78, 5) is 63.0. The molecule has 7 atom stereocenters. The van der Waals surface area contributed by atoms with Crippen molar-refractivity contribution in [3.8, 4) is 5.75 Å². The highest BCUT2D eigenvalue weighted by Crippen LogP contribution is 2.46. The van der Waals surface area contributed by atoms with Crippen LogP contribution < -0.4 is 20.1 Å². The fourth-order valence-corrected chi connectivity index (χ4v) is 11.1. The molecule has 8 rings (SSSR count). The van der Waals surface area contributed by atoms with Crippen LogP contribution in [-0.4, -0.2) is 83.7 Å². The van der Waals surface area contributed by atoms with Crippen molar-refractivity contribution in [1.29, 1.82) is 0 Å². The summed E-state index contributed by atoms with van der Waals surface area (Å²) >= 11 is 6.37. The van der Waals surface area contributed by atoms with Gasteiger partial charge in [0.2, 0.25) is 21.8 Å². The molecule has 1 aromatic heterocycles. The Morgan fingerprint density at radius 3 is 2.46 bits per heavy atom. The predicted molar refractivity (Wildman–Crippen MR) is 209 cm³/mol. The molecule has 56 heavy (non-hydrogen) atoms. The molecule has 3 heterocycles. The second-order valence-electron chi connectivity index (χ2n) is 16.8. The zero-order chi connectivity index (χ0) is 39.2. The molecule has 6 aliphatic rings. The van der Waals surface area contributed by atoms with Crippen LogP contribution in [0.1, 0.15) is 102 Å². The lowest BCUT2D eigenvalue weighted by Crippen LogP contribution is -2.59. The number of aryl methyl sites for hydroxylation is 1. The number of pyridine rings is 1. The number of rotatable bonds is 7. The van der Waals surface area contributed by atoms with Crippen LogP contribution in [-0.2, 0) is 35.6 Å². The molecule has 2 aromatic rings. The molecular weight excluding hydrogens is 758 g/mol. The molecule has 2 aliphatic heterocycles. The molecular formula is C41H52ClN5O8S. The summed E-state index contributed by atoms with van der Waals surface area (Å²) in [5, 5.41) is 6.55. The molecule has 302 valence electrons. The Morgan fingerprint density at radius 1 is 0.964 bits per heavy atom. The van der Waals surface area contributed by atoms with Crippen molar-refractivity contribution in [3.63, 3.8) is 0 Å². The Hall–Kier alpha value is -3.91. The van der Waals surface area contributed by atoms with E-state index < -0.39 is 68.7 Å². The molecule has 4 amide bonds. The molecule has 15 heteroatoms. The number of sulfonamides is 1. The van der Waals surface area contributed by atoms with Crippen molar-refractivity contribution >= 4 is 56.3 Å². The molecule has 0 unspecified atom stereocenters. The molecule has 0 spiro atoms. The van der Waals surface area contributed by atoms with Gasteiger partial charge in [-0.3, -0.25) is 19.1 Å². The first-order chi connectivity index (χ1) is 26.9. The summed E-state index contributed by atoms with van der Waals surface area (Å²) in [6.07, 6.45) is 11.7. The molecule has 1 saturated heterocycles. The zero-order valence-corrected chi connectivity index (χ0v) is 33.3. The number of benzene rings is 1. The third kappa shape index (κ3) is 8.10. The Morgan fingerprint density at radius 2 is 1.71 bits per heavy atom. The third-order valence-corrected chi connectivity index (χ3v) is 15.0. The maximum absolute atomic E-state index is 14.9. The summed E-state index contributed by atoms with van der Waals surface area (Å²) in [5.41, 5.74) is 0.0401. The van der Waals surface area contributed by atoms with E-state index >= 15 is 0 Å². The van der Waals surface area contributed by atoms with Gasteiger partial charge in [0, 0.05) is 22.7 Å². The number of fused-ring (bicyclic) bond motifs is 5. The first kappa shape index (κ1) is 38.9. The van der Waals surface area contributed by atoms with Crippen molar-refractivity contribution in [1.82, 2.24) is 25.2 Å². The second kappa shape index (κ2) is 15.8. The van der Waals surface area contributed by atoms with Crippen LogP contribution in [0.4, 0.5) is 4.79 Å². The SMILES string of the molecule is C=C[C@@H]1C[C@]1(NC(=O)[C@@H]1C[C@@H]2CN1C(=O)[C@H](C1CCCC1)NC(=O)O[C@H]1CCC[C@@H]1CCCCCc1nc3ccc(Cl)cc3cc1O2)C(=O)NS(=O)(=O)C1CC1. The lowest BCUT2D eigenvalue weighted by atomic mass is 9.96. The van der Waals surface area contributed by atoms with E-state index in [-0.39, 0.29) is 37.3 Å². The fraction of sp³-hybridized carbons (Fsp3) is 0.634. The molecule has 3 N–H and O–H groups in total. The van der Waals surface area contributed by atoms with Crippen LogP contribution in [0.15, 0.2) is 36.9 Å². The summed E-state index contributed by atoms with van der Waals surface area (Å²) in [5.74, 6) is -1.68. The van der Waals surface area contributed by atoms with Gasteiger partial charge in [-0.05, 0) is 107 Å². The van der Waals surface area contributed by atoms with Crippen molar-refractivity contribution < 1.29 is 37.1 Å². The van der Waals surface area contributed by atoms with Gasteiger partial charge >= 0.3 is 6.09 Å². The van der Waals surface area contributed by atoms with Gasteiger partial charge in [-0.15, -0.1) is 6.58 Å². The number of halogens is 1. The topological polar surface area (TPSA) is 173 Å². The number of alkyl carbamates (subject to hydrolysis) is 1. The number of carbonyl (C=O) groups excluding carboxylic acids is 4. The Bertz CT molecular complexity index is 2000. The van der Waals surface area contributed by atoms with Crippen LogP contribution >= 0.6 is 11.6 Å². The maximum atomic E-state index is 14.9. The number of hydrogen-bond acceptors (Lipinski definition) is 9. The minimum absolute atomic E-state index is 0.0364. The largest absolute Gasteiger partial charge is 0.487 e. The van der Waals surface area contributed by atoms with E-state index in [9.17, 15) is 27.6 Å². The van der Waals surface area contributed by atoms with Crippen molar-refractivity contribution in [2.45, 2.75) is 138 Å². The van der Waals surface area contributed by atoms with Gasteiger partial charge in [-0.2, -0.15) is 0 Å². The van der Waals surface area contributed by atoms with Gasteiger partial charge in [-0.1, -0.05) is 43.4 Å². The Balaban J connectivity index is 1.12. The molecule has 2 bridgehead atoms. The average molecular weight is 810 g/mol. The van der Waals surface area contributed by atoms with Crippen molar-refractivity contribution in [2.24, 2.45) is 17.8 Å². The molecule has 4 saturated carbocycles. The summed E-state index contributed by atoms with van der Waals surface area (Å²) in [6.45, 7) is 3.85. The van der Waals surface area contributed by atoms with E-state index in [2.05, 4.69) is 21.9 Å². The molecule has 5 fully saturated rings. The molecule has 0 radical (unpaired) electrons. The summed E-state index contributed by atoms with van der Waals surface area (Å²) in [7, 11) is -3.89. The van der Waals surface area contributed by atoms with E-state index in [1.165, 1.54) is 11.0 Å². The van der Waals surface area contributed by atoms with Crippen molar-refractivity contribution in [2.75, 3.05) is 6.54 Å². The zero-order valence-electron chi connectivity index (χ0n) is 31.7. The first-order valence-corrected chi connectivity index (χ1v) is 22.4. The minimum Gasteiger partial charge on any atom is -0.487 e. The summed E-state index contributed by atoms with van der Waals surface area (Å²) in [6, 6.07) is 5.42. The van der Waals surface area contributed by atoms with Gasteiger partial charge in [-0.25, -0.2) is 18.2 Å². The van der Waals surface area contributed by atoms with Crippen molar-refractivity contribution in [3.05, 3.63) is 47.6 Å². The molecule has 1 aromatic carbocycles. The number of nitrogens with one attached hydrogen (secondary N) is 3. The highest BCUT2D eigenvalue weighted by molar-refractivity contribution is 7.91. The minimum atomic E-state index is -3.89. The number of nitrogens with zero attached hydrogens (tertiary/aromatic N) is 2. The third-order valence-electron chi connectivity index (χ3n) is 13.0. The highest BCUT2D eigenvalue weighted by atomic mass is 35.5. The van der Waals surface area contributed by atoms with E-state index in [1.54, 1.807) is 6.07 Å². The van der Waals surface area contributed by atoms with Crippen LogP contribution in [0.5, 0.6) is 5.75 Å². The van der Waals surface area contributed by atoms with Crippen LogP contribution in [0.2, 0.25) is 5.02 Å². The quantitative estimate of drug-likeness (QED) is 0.307. The number of aromatic nitrogens is 1.